The molecule has 1 fully saturated rings. The van der Waals surface area contributed by atoms with E-state index in [1.54, 1.807) is 4.90 Å². The number of aliphatic hydroxyl groups excluding tert-OH is 1. The molecular weight excluding hydrogens is 336 g/mol. The number of β-amino-alcohol motifs (C(OH)–C–C–N with tert-alkyl or cyclic N) is 1. The first-order valence-corrected chi connectivity index (χ1v) is 9.01. The van der Waals surface area contributed by atoms with Crippen LogP contribution >= 0.6 is 22.9 Å². The summed E-state index contributed by atoms with van der Waals surface area (Å²) < 4.78 is 0. The standard InChI is InChI=1S/C15H23ClN4O2S/c1-15(2,3)12-17-18-13(23-12)20-11(21)10-19(14(20)22)9-7-5-4-6-8-16/h4-5,11,21H,6-10H2,1-3H3. The summed E-state index contributed by atoms with van der Waals surface area (Å²) in [5.41, 5.74) is -0.128. The van der Waals surface area contributed by atoms with Crippen molar-refractivity contribution in [2.45, 2.75) is 45.3 Å². The molecule has 1 atom stereocenters. The highest BCUT2D eigenvalue weighted by Gasteiger charge is 2.39. The topological polar surface area (TPSA) is 69.6 Å². The summed E-state index contributed by atoms with van der Waals surface area (Å²) in [6, 6.07) is -0.222. The molecule has 0 aliphatic carbocycles. The predicted molar refractivity (Wildman–Crippen MR) is 93.2 cm³/mol. The number of carbonyl (C=O) groups is 1. The lowest BCUT2D eigenvalue weighted by atomic mass is 9.98. The first kappa shape index (κ1) is 18.2. The molecule has 1 aliphatic heterocycles. The summed E-state index contributed by atoms with van der Waals surface area (Å²) in [6.45, 7) is 6.97. The first-order chi connectivity index (χ1) is 10.8. The minimum Gasteiger partial charge on any atom is -0.371 e. The molecule has 0 radical (unpaired) electrons. The molecule has 2 rings (SSSR count). The number of hydrogen-bond donors (Lipinski definition) is 1. The molecule has 1 aromatic heterocycles. The first-order valence-electron chi connectivity index (χ1n) is 7.65. The van der Waals surface area contributed by atoms with Crippen molar-refractivity contribution in [2.24, 2.45) is 0 Å². The number of aromatic nitrogens is 2. The Labute approximate surface area is 145 Å². The predicted octanol–water partition coefficient (Wildman–Crippen LogP) is 2.97. The number of alkyl halides is 1. The molecule has 0 aromatic carbocycles. The second-order valence-electron chi connectivity index (χ2n) is 6.46. The Bertz CT molecular complexity index is 570. The van der Waals surface area contributed by atoms with Crippen molar-refractivity contribution in [1.29, 1.82) is 0 Å². The molecule has 6 nitrogen and oxygen atoms in total. The van der Waals surface area contributed by atoms with Gasteiger partial charge >= 0.3 is 6.03 Å². The zero-order valence-electron chi connectivity index (χ0n) is 13.7. The van der Waals surface area contributed by atoms with Gasteiger partial charge in [-0.05, 0) is 12.8 Å². The van der Waals surface area contributed by atoms with Crippen molar-refractivity contribution in [3.05, 3.63) is 17.2 Å². The van der Waals surface area contributed by atoms with Gasteiger partial charge in [0, 0.05) is 17.8 Å². The van der Waals surface area contributed by atoms with E-state index in [9.17, 15) is 9.90 Å². The largest absolute Gasteiger partial charge is 0.371 e. The summed E-state index contributed by atoms with van der Waals surface area (Å²) in [6.07, 6.45) is 4.70. The molecular formula is C15H23ClN4O2S. The Hall–Kier alpha value is -1.18. The van der Waals surface area contributed by atoms with E-state index in [1.807, 2.05) is 32.9 Å². The van der Waals surface area contributed by atoms with Crippen LogP contribution in [0, 0.1) is 0 Å². The van der Waals surface area contributed by atoms with Crippen molar-refractivity contribution < 1.29 is 9.90 Å². The molecule has 1 N–H and O–H groups in total. The van der Waals surface area contributed by atoms with Gasteiger partial charge in [0.05, 0.1) is 6.54 Å². The molecule has 0 spiro atoms. The van der Waals surface area contributed by atoms with Gasteiger partial charge in [0.2, 0.25) is 5.13 Å². The lowest BCUT2D eigenvalue weighted by Crippen LogP contribution is -2.35. The fourth-order valence-corrected chi connectivity index (χ4v) is 3.24. The van der Waals surface area contributed by atoms with E-state index in [0.717, 1.165) is 17.8 Å². The highest BCUT2D eigenvalue weighted by Crippen LogP contribution is 2.32. The van der Waals surface area contributed by atoms with E-state index in [0.29, 0.717) is 17.6 Å². The fraction of sp³-hybridized carbons (Fsp3) is 0.667. The smallest absolute Gasteiger partial charge is 0.328 e. The van der Waals surface area contributed by atoms with Gasteiger partial charge in [-0.15, -0.1) is 21.8 Å². The van der Waals surface area contributed by atoms with Crippen molar-refractivity contribution in [1.82, 2.24) is 15.1 Å². The van der Waals surface area contributed by atoms with Gasteiger partial charge < -0.3 is 10.0 Å². The average Bonchev–Trinajstić information content (AvgIpc) is 3.04. The van der Waals surface area contributed by atoms with Gasteiger partial charge in [-0.1, -0.05) is 44.3 Å². The normalized spacial score (nSPS) is 19.3. The summed E-state index contributed by atoms with van der Waals surface area (Å²) in [4.78, 5) is 15.4. The molecule has 0 bridgehead atoms. The molecule has 1 aromatic rings. The van der Waals surface area contributed by atoms with Crippen LogP contribution < -0.4 is 4.90 Å². The maximum Gasteiger partial charge on any atom is 0.328 e. The number of urea groups is 1. The monoisotopic (exact) mass is 358 g/mol. The van der Waals surface area contributed by atoms with E-state index < -0.39 is 6.23 Å². The number of carbonyl (C=O) groups excluding carboxylic acids is 1. The number of aliphatic hydroxyl groups is 1. The molecule has 128 valence electrons. The minimum absolute atomic E-state index is 0.128. The van der Waals surface area contributed by atoms with Crippen LogP contribution in [-0.2, 0) is 5.41 Å². The number of allylic oxidation sites excluding steroid dienone is 1. The van der Waals surface area contributed by atoms with E-state index in [1.165, 1.54) is 16.2 Å². The van der Waals surface area contributed by atoms with Crippen LogP contribution in [0.25, 0.3) is 0 Å². The van der Waals surface area contributed by atoms with Crippen LogP contribution in [0.15, 0.2) is 12.2 Å². The van der Waals surface area contributed by atoms with Crippen molar-refractivity contribution in [2.75, 3.05) is 23.9 Å². The third-order valence-corrected chi connectivity index (χ3v) is 4.99. The van der Waals surface area contributed by atoms with Crippen LogP contribution in [-0.4, -0.2) is 51.4 Å². The van der Waals surface area contributed by atoms with Crippen LogP contribution in [0.3, 0.4) is 0 Å². The Morgan fingerprint density at radius 1 is 1.35 bits per heavy atom. The molecule has 1 saturated heterocycles. The zero-order valence-corrected chi connectivity index (χ0v) is 15.3. The lowest BCUT2D eigenvalue weighted by molar-refractivity contribution is 0.177. The Morgan fingerprint density at radius 2 is 2.04 bits per heavy atom. The number of nitrogens with zero attached hydrogens (tertiary/aromatic N) is 4. The third kappa shape index (κ3) is 4.43. The van der Waals surface area contributed by atoms with Crippen LogP contribution in [0.4, 0.5) is 9.93 Å². The fourth-order valence-electron chi connectivity index (χ4n) is 2.18. The van der Waals surface area contributed by atoms with E-state index in [2.05, 4.69) is 10.2 Å². The van der Waals surface area contributed by atoms with Gasteiger partial charge in [0.25, 0.3) is 0 Å². The van der Waals surface area contributed by atoms with Gasteiger partial charge in [0.15, 0.2) is 6.23 Å². The SMILES string of the molecule is CC(C)(C)c1nnc(N2C(=O)N(CCC=CCCCl)CC2O)s1. The second kappa shape index (κ2) is 7.59. The zero-order chi connectivity index (χ0) is 17.0. The molecule has 0 saturated carbocycles. The maximum atomic E-state index is 12.5. The molecule has 1 unspecified atom stereocenters. The Kier molecular flexibility index (Phi) is 6.00. The number of anilines is 1. The minimum atomic E-state index is -0.880. The summed E-state index contributed by atoms with van der Waals surface area (Å²) in [5.74, 6) is 0.596. The Morgan fingerprint density at radius 3 is 2.65 bits per heavy atom. The maximum absolute atomic E-state index is 12.5. The second-order valence-corrected chi connectivity index (χ2v) is 7.79. The molecule has 8 heteroatoms. The lowest BCUT2D eigenvalue weighted by Gasteiger charge is -2.16. The van der Waals surface area contributed by atoms with E-state index in [4.69, 9.17) is 11.6 Å². The molecule has 1 aliphatic rings. The van der Waals surface area contributed by atoms with Crippen LogP contribution in [0.5, 0.6) is 0 Å². The summed E-state index contributed by atoms with van der Waals surface area (Å²) in [7, 11) is 0. The number of halogens is 1. The highest BCUT2D eigenvalue weighted by molar-refractivity contribution is 7.15. The van der Waals surface area contributed by atoms with Crippen molar-refractivity contribution >= 4 is 34.1 Å². The highest BCUT2D eigenvalue weighted by atomic mass is 35.5. The van der Waals surface area contributed by atoms with E-state index >= 15 is 0 Å². The molecule has 2 heterocycles. The molecule has 2 amide bonds. The van der Waals surface area contributed by atoms with Gasteiger partial charge in [-0.3, -0.25) is 0 Å². The van der Waals surface area contributed by atoms with Gasteiger partial charge in [-0.2, -0.15) is 0 Å². The van der Waals surface area contributed by atoms with Crippen molar-refractivity contribution in [3.63, 3.8) is 0 Å². The Balaban J connectivity index is 2.01. The van der Waals surface area contributed by atoms with Crippen molar-refractivity contribution in [3.8, 4) is 0 Å². The quantitative estimate of drug-likeness (QED) is 0.627. The van der Waals surface area contributed by atoms with Crippen LogP contribution in [0.2, 0.25) is 0 Å². The summed E-state index contributed by atoms with van der Waals surface area (Å²) >= 11 is 6.95. The third-order valence-electron chi connectivity index (χ3n) is 3.43. The number of rotatable bonds is 6. The molecule has 23 heavy (non-hydrogen) atoms. The number of hydrogen-bond acceptors (Lipinski definition) is 5. The number of amides is 2. The summed E-state index contributed by atoms with van der Waals surface area (Å²) in [5, 5.41) is 19.7. The van der Waals surface area contributed by atoms with Crippen LogP contribution in [0.1, 0.15) is 38.6 Å². The van der Waals surface area contributed by atoms with Gasteiger partial charge in [0.1, 0.15) is 5.01 Å². The van der Waals surface area contributed by atoms with E-state index in [-0.39, 0.29) is 18.0 Å². The van der Waals surface area contributed by atoms with Gasteiger partial charge in [-0.25, -0.2) is 9.69 Å². The average molecular weight is 359 g/mol.